The maximum absolute atomic E-state index is 8.53. The van der Waals surface area contributed by atoms with E-state index in [1.54, 1.807) is 10.9 Å². The Morgan fingerprint density at radius 1 is 1.54 bits per heavy atom. The molecule has 1 aromatic heterocycles. The minimum Gasteiger partial charge on any atom is -0.251 e. The van der Waals surface area contributed by atoms with Crippen molar-refractivity contribution < 1.29 is 0 Å². The molecule has 2 rings (SSSR count). The lowest BCUT2D eigenvalue weighted by atomic mass is 10.2. The number of fused-ring (bicyclic) bond motifs is 1. The highest BCUT2D eigenvalue weighted by atomic mass is 79.9. The summed E-state index contributed by atoms with van der Waals surface area (Å²) in [6, 6.07) is 7.94. The quantitative estimate of drug-likeness (QED) is 0.762. The molecular weight excluding hydrogens is 230 g/mol. The standard InChI is InChI=1S/C9H6BrN3/c10-8-1-2-9-7(5-8)6-12-13(9)4-3-11/h1-2,5-6H,4H2. The van der Waals surface area contributed by atoms with Crippen molar-refractivity contribution in [2.75, 3.05) is 0 Å². The highest BCUT2D eigenvalue weighted by Gasteiger charge is 2.01. The summed E-state index contributed by atoms with van der Waals surface area (Å²) < 4.78 is 2.71. The van der Waals surface area contributed by atoms with E-state index >= 15 is 0 Å². The Hall–Kier alpha value is -1.34. The smallest absolute Gasteiger partial charge is 0.128 e. The molecule has 0 N–H and O–H groups in total. The molecule has 0 aliphatic heterocycles. The van der Waals surface area contributed by atoms with Crippen LogP contribution in [0.1, 0.15) is 0 Å². The molecule has 0 radical (unpaired) electrons. The van der Waals surface area contributed by atoms with E-state index in [9.17, 15) is 0 Å². The molecule has 2 aromatic rings. The fraction of sp³-hybridized carbons (Fsp3) is 0.111. The van der Waals surface area contributed by atoms with Gasteiger partial charge in [-0.1, -0.05) is 15.9 Å². The maximum atomic E-state index is 8.53. The molecule has 0 saturated carbocycles. The van der Waals surface area contributed by atoms with Crippen LogP contribution in [0.3, 0.4) is 0 Å². The summed E-state index contributed by atoms with van der Waals surface area (Å²) in [5.74, 6) is 0. The third kappa shape index (κ3) is 1.43. The molecule has 64 valence electrons. The van der Waals surface area contributed by atoms with Crippen LogP contribution in [0.2, 0.25) is 0 Å². The summed E-state index contributed by atoms with van der Waals surface area (Å²) in [4.78, 5) is 0. The zero-order valence-corrected chi connectivity index (χ0v) is 8.32. The van der Waals surface area contributed by atoms with E-state index in [1.165, 1.54) is 0 Å². The van der Waals surface area contributed by atoms with Gasteiger partial charge in [-0.2, -0.15) is 10.4 Å². The minimum atomic E-state index is 0.297. The van der Waals surface area contributed by atoms with Gasteiger partial charge in [0.05, 0.1) is 17.8 Å². The van der Waals surface area contributed by atoms with Gasteiger partial charge in [-0.3, -0.25) is 4.68 Å². The molecule has 0 bridgehead atoms. The Balaban J connectivity index is 2.63. The van der Waals surface area contributed by atoms with E-state index in [2.05, 4.69) is 27.1 Å². The average Bonchev–Trinajstić information content (AvgIpc) is 2.49. The number of rotatable bonds is 1. The van der Waals surface area contributed by atoms with E-state index in [1.807, 2.05) is 18.2 Å². The molecule has 0 aliphatic rings. The van der Waals surface area contributed by atoms with Crippen LogP contribution in [0.15, 0.2) is 28.9 Å². The molecular formula is C9H6BrN3. The van der Waals surface area contributed by atoms with Crippen molar-refractivity contribution in [3.63, 3.8) is 0 Å². The lowest BCUT2D eigenvalue weighted by molar-refractivity contribution is 0.736. The summed E-state index contributed by atoms with van der Waals surface area (Å²) >= 11 is 3.38. The summed E-state index contributed by atoms with van der Waals surface area (Å²) in [5, 5.41) is 13.7. The Kier molecular flexibility index (Phi) is 2.03. The van der Waals surface area contributed by atoms with Gasteiger partial charge in [0.25, 0.3) is 0 Å². The van der Waals surface area contributed by atoms with Gasteiger partial charge in [0, 0.05) is 9.86 Å². The van der Waals surface area contributed by atoms with Gasteiger partial charge in [0.2, 0.25) is 0 Å². The van der Waals surface area contributed by atoms with E-state index in [0.717, 1.165) is 15.4 Å². The van der Waals surface area contributed by atoms with E-state index in [4.69, 9.17) is 5.26 Å². The molecule has 0 aliphatic carbocycles. The number of aromatic nitrogens is 2. The topological polar surface area (TPSA) is 41.6 Å². The molecule has 3 nitrogen and oxygen atoms in total. The van der Waals surface area contributed by atoms with Crippen molar-refractivity contribution in [2.24, 2.45) is 0 Å². The van der Waals surface area contributed by atoms with Crippen molar-refractivity contribution in [1.29, 1.82) is 5.26 Å². The van der Waals surface area contributed by atoms with Crippen molar-refractivity contribution in [3.05, 3.63) is 28.9 Å². The Bertz CT molecular complexity index is 481. The molecule has 4 heteroatoms. The Morgan fingerprint density at radius 3 is 3.15 bits per heavy atom. The molecule has 0 fully saturated rings. The number of halogens is 1. The third-order valence-corrected chi connectivity index (χ3v) is 2.32. The van der Waals surface area contributed by atoms with Crippen LogP contribution in [0.25, 0.3) is 10.9 Å². The lowest BCUT2D eigenvalue weighted by Crippen LogP contribution is -1.96. The predicted molar refractivity (Wildman–Crippen MR) is 53.0 cm³/mol. The van der Waals surface area contributed by atoms with Crippen LogP contribution >= 0.6 is 15.9 Å². The minimum absolute atomic E-state index is 0.297. The number of hydrogen-bond donors (Lipinski definition) is 0. The van der Waals surface area contributed by atoms with Gasteiger partial charge >= 0.3 is 0 Å². The van der Waals surface area contributed by atoms with Crippen molar-refractivity contribution >= 4 is 26.8 Å². The van der Waals surface area contributed by atoms with Gasteiger partial charge < -0.3 is 0 Å². The number of nitriles is 1. The first-order valence-corrected chi connectivity index (χ1v) is 4.58. The third-order valence-electron chi connectivity index (χ3n) is 1.82. The largest absolute Gasteiger partial charge is 0.251 e. The van der Waals surface area contributed by atoms with Crippen LogP contribution in [-0.2, 0) is 6.54 Å². The second kappa shape index (κ2) is 3.19. The molecule has 1 heterocycles. The predicted octanol–water partition coefficient (Wildman–Crippen LogP) is 2.32. The number of hydrogen-bond acceptors (Lipinski definition) is 2. The second-order valence-corrected chi connectivity index (χ2v) is 3.58. The fourth-order valence-corrected chi connectivity index (χ4v) is 1.63. The second-order valence-electron chi connectivity index (χ2n) is 2.66. The highest BCUT2D eigenvalue weighted by molar-refractivity contribution is 9.10. The van der Waals surface area contributed by atoms with Crippen molar-refractivity contribution in [2.45, 2.75) is 6.54 Å². The number of benzene rings is 1. The van der Waals surface area contributed by atoms with Gasteiger partial charge in [0.15, 0.2) is 0 Å². The van der Waals surface area contributed by atoms with Crippen molar-refractivity contribution in [1.82, 2.24) is 9.78 Å². The highest BCUT2D eigenvalue weighted by Crippen LogP contribution is 2.18. The first-order valence-electron chi connectivity index (χ1n) is 3.79. The summed E-state index contributed by atoms with van der Waals surface area (Å²) in [6.07, 6.45) is 1.76. The molecule has 0 unspecified atom stereocenters. The number of nitrogens with zero attached hydrogens (tertiary/aromatic N) is 3. The lowest BCUT2D eigenvalue weighted by Gasteiger charge is -1.95. The van der Waals surface area contributed by atoms with Gasteiger partial charge in [-0.15, -0.1) is 0 Å². The Morgan fingerprint density at radius 2 is 2.38 bits per heavy atom. The van der Waals surface area contributed by atoms with Crippen molar-refractivity contribution in [3.8, 4) is 6.07 Å². The fourth-order valence-electron chi connectivity index (χ4n) is 1.25. The van der Waals surface area contributed by atoms with Gasteiger partial charge in [-0.25, -0.2) is 0 Å². The SMILES string of the molecule is N#CCn1ncc2cc(Br)ccc21. The maximum Gasteiger partial charge on any atom is 0.128 e. The van der Waals surface area contributed by atoms with Crippen LogP contribution in [0.4, 0.5) is 0 Å². The van der Waals surface area contributed by atoms with Crippen LogP contribution < -0.4 is 0 Å². The normalized spacial score (nSPS) is 10.2. The molecule has 0 atom stereocenters. The first-order chi connectivity index (χ1) is 6.31. The molecule has 0 amide bonds. The van der Waals surface area contributed by atoms with E-state index in [-0.39, 0.29) is 0 Å². The molecule has 0 spiro atoms. The Labute approximate surface area is 83.7 Å². The zero-order chi connectivity index (χ0) is 9.26. The van der Waals surface area contributed by atoms with Gasteiger partial charge in [-0.05, 0) is 18.2 Å². The van der Waals surface area contributed by atoms with Crippen LogP contribution in [-0.4, -0.2) is 9.78 Å². The van der Waals surface area contributed by atoms with Crippen LogP contribution in [0.5, 0.6) is 0 Å². The first kappa shape index (κ1) is 8.27. The summed E-state index contributed by atoms with van der Waals surface area (Å²) in [5.41, 5.74) is 0.991. The monoisotopic (exact) mass is 235 g/mol. The summed E-state index contributed by atoms with van der Waals surface area (Å²) in [7, 11) is 0. The molecule has 1 aromatic carbocycles. The average molecular weight is 236 g/mol. The van der Waals surface area contributed by atoms with Crippen LogP contribution in [0, 0.1) is 11.3 Å². The molecule has 13 heavy (non-hydrogen) atoms. The zero-order valence-electron chi connectivity index (χ0n) is 6.74. The molecule has 0 saturated heterocycles. The van der Waals surface area contributed by atoms with Gasteiger partial charge in [0.1, 0.15) is 6.54 Å². The summed E-state index contributed by atoms with van der Waals surface area (Å²) in [6.45, 7) is 0.297. The van der Waals surface area contributed by atoms with E-state index in [0.29, 0.717) is 6.54 Å². The van der Waals surface area contributed by atoms with E-state index < -0.39 is 0 Å².